The Kier molecular flexibility index (Phi) is 6.44. The molecule has 1 aromatic heterocycles. The molecule has 0 aliphatic heterocycles. The Labute approximate surface area is 161 Å². The van der Waals surface area contributed by atoms with Crippen molar-refractivity contribution in [2.24, 2.45) is 0 Å². The Morgan fingerprint density at radius 3 is 2.11 bits per heavy atom. The van der Waals surface area contributed by atoms with Crippen LogP contribution in [0.25, 0.3) is 11.0 Å². The van der Waals surface area contributed by atoms with E-state index in [2.05, 4.69) is 20.4 Å². The number of halogens is 1. The lowest BCUT2D eigenvalue weighted by Crippen LogP contribution is -2.74. The standard InChI is InChI=1S/C15H12ClNO.C6H4N3/c16-14-8-6-13(7-9-14)11-17-15(18)10-12-4-2-1-3-5-12;1-2-4-6-5(3-1)7-9-8-6/h1-9,11H,10H2;1-4H/q;-1/p+1. The average molecular weight is 377 g/mol. The lowest BCUT2D eigenvalue weighted by Gasteiger charge is -1.92. The van der Waals surface area contributed by atoms with Crippen LogP contribution in [0.1, 0.15) is 11.1 Å². The molecule has 0 unspecified atom stereocenters. The van der Waals surface area contributed by atoms with Crippen LogP contribution in [0.2, 0.25) is 5.02 Å². The number of carbonyl (C=O) groups is 1. The van der Waals surface area contributed by atoms with Gasteiger partial charge in [-0.15, -0.1) is 0 Å². The van der Waals surface area contributed by atoms with Gasteiger partial charge in [-0.3, -0.25) is 0 Å². The lowest BCUT2D eigenvalue weighted by atomic mass is 10.1. The fourth-order valence-corrected chi connectivity index (χ4v) is 2.43. The van der Waals surface area contributed by atoms with E-state index in [4.69, 9.17) is 11.6 Å². The van der Waals surface area contributed by atoms with Crippen LogP contribution in [0.4, 0.5) is 0 Å². The fourth-order valence-electron chi connectivity index (χ4n) is 2.31. The molecular formula is C21H17ClN4O. The smallest absolute Gasteiger partial charge is 0.389 e. The van der Waals surface area contributed by atoms with Crippen LogP contribution in [0.5, 0.6) is 0 Å². The Bertz CT molecular complexity index is 997. The van der Waals surface area contributed by atoms with Crippen LogP contribution >= 0.6 is 11.6 Å². The van der Waals surface area contributed by atoms with E-state index in [1.165, 1.54) is 0 Å². The molecule has 3 aromatic carbocycles. The van der Waals surface area contributed by atoms with Crippen molar-refractivity contribution in [3.05, 3.63) is 95.0 Å². The van der Waals surface area contributed by atoms with Crippen molar-refractivity contribution in [3.63, 3.8) is 0 Å². The second-order valence-corrected chi connectivity index (χ2v) is 6.14. The van der Waals surface area contributed by atoms with Crippen LogP contribution in [0.3, 0.4) is 0 Å². The molecule has 6 heteroatoms. The number of benzene rings is 3. The summed E-state index contributed by atoms with van der Waals surface area (Å²) in [4.78, 5) is 14.4. The van der Waals surface area contributed by atoms with Crippen LogP contribution in [-0.2, 0) is 11.2 Å². The van der Waals surface area contributed by atoms with Gasteiger partial charge < -0.3 is 15.4 Å². The summed E-state index contributed by atoms with van der Waals surface area (Å²) in [7, 11) is 0. The van der Waals surface area contributed by atoms with E-state index in [-0.39, 0.29) is 5.91 Å². The minimum Gasteiger partial charge on any atom is -0.492 e. The molecule has 1 N–H and O–H groups in total. The highest BCUT2D eigenvalue weighted by molar-refractivity contribution is 6.30. The van der Waals surface area contributed by atoms with Gasteiger partial charge in [0.05, 0.1) is 17.5 Å². The van der Waals surface area contributed by atoms with E-state index in [1.807, 2.05) is 66.7 Å². The molecule has 0 spiro atoms. The Balaban J connectivity index is 0.000000193. The summed E-state index contributed by atoms with van der Waals surface area (Å²) in [6, 6.07) is 24.5. The quantitative estimate of drug-likeness (QED) is 0.556. The van der Waals surface area contributed by atoms with Crippen molar-refractivity contribution < 1.29 is 9.79 Å². The number of nitrogens with zero attached hydrogens (tertiary/aromatic N) is 3. The van der Waals surface area contributed by atoms with Crippen molar-refractivity contribution in [2.45, 2.75) is 6.42 Å². The number of hydrogen-bond acceptors (Lipinski definition) is 3. The number of amides is 1. The minimum absolute atomic E-state index is 0.0313. The average Bonchev–Trinajstić information content (AvgIpc) is 3.18. The number of carbonyl (C=O) groups excluding carboxylic acids is 1. The van der Waals surface area contributed by atoms with Gasteiger partial charge in [-0.05, 0) is 42.0 Å². The molecule has 4 rings (SSSR count). The SMILES string of the molecule is O=C(Cc1ccccc1)[NH+]=Cc1ccc(Cl)cc1.c1ccc2n[n-]nc2c1. The van der Waals surface area contributed by atoms with Gasteiger partial charge in [-0.1, -0.05) is 54.1 Å². The van der Waals surface area contributed by atoms with Gasteiger partial charge in [-0.25, -0.2) is 4.79 Å². The summed E-state index contributed by atoms with van der Waals surface area (Å²) >= 11 is 5.78. The second kappa shape index (κ2) is 9.40. The van der Waals surface area contributed by atoms with Gasteiger partial charge in [0, 0.05) is 10.6 Å². The van der Waals surface area contributed by atoms with Gasteiger partial charge in [-0.2, -0.15) is 4.99 Å². The predicted molar refractivity (Wildman–Crippen MR) is 106 cm³/mol. The van der Waals surface area contributed by atoms with E-state index in [1.54, 1.807) is 18.3 Å². The first-order chi connectivity index (χ1) is 13.2. The molecule has 4 aromatic rings. The number of aromatic nitrogens is 3. The summed E-state index contributed by atoms with van der Waals surface area (Å²) in [6.45, 7) is 0. The van der Waals surface area contributed by atoms with Gasteiger partial charge in [0.1, 0.15) is 0 Å². The predicted octanol–water partition coefficient (Wildman–Crippen LogP) is 2.20. The molecule has 0 fully saturated rings. The summed E-state index contributed by atoms with van der Waals surface area (Å²) in [5.74, 6) is -0.0313. The normalized spacial score (nSPS) is 10.6. The van der Waals surface area contributed by atoms with E-state index in [0.717, 1.165) is 22.2 Å². The second-order valence-electron chi connectivity index (χ2n) is 5.70. The molecule has 1 heterocycles. The maximum absolute atomic E-state index is 11.7. The Hall–Kier alpha value is -3.31. The zero-order valence-corrected chi connectivity index (χ0v) is 15.2. The van der Waals surface area contributed by atoms with Crippen LogP contribution < -0.4 is 10.2 Å². The molecule has 5 nitrogen and oxygen atoms in total. The summed E-state index contributed by atoms with van der Waals surface area (Å²) in [5.41, 5.74) is 3.63. The molecular weight excluding hydrogens is 360 g/mol. The van der Waals surface area contributed by atoms with Crippen molar-refractivity contribution in [2.75, 3.05) is 0 Å². The maximum atomic E-state index is 11.7. The largest absolute Gasteiger partial charge is 0.492 e. The molecule has 134 valence electrons. The Morgan fingerprint density at radius 2 is 1.48 bits per heavy atom. The number of fused-ring (bicyclic) bond motifs is 1. The van der Waals surface area contributed by atoms with Gasteiger partial charge in [0.15, 0.2) is 6.21 Å². The Morgan fingerprint density at radius 1 is 0.889 bits per heavy atom. The molecule has 0 bridgehead atoms. The first-order valence-corrected chi connectivity index (χ1v) is 8.71. The zero-order chi connectivity index (χ0) is 18.9. The molecule has 1 amide bonds. The van der Waals surface area contributed by atoms with Crippen LogP contribution in [0, 0.1) is 0 Å². The molecule has 27 heavy (non-hydrogen) atoms. The summed E-state index contributed by atoms with van der Waals surface area (Å²) < 4.78 is 0. The lowest BCUT2D eigenvalue weighted by molar-refractivity contribution is -0.371. The van der Waals surface area contributed by atoms with Crippen molar-refractivity contribution in [1.82, 2.24) is 15.4 Å². The first kappa shape index (κ1) is 18.5. The highest BCUT2D eigenvalue weighted by Gasteiger charge is 2.06. The molecule has 0 atom stereocenters. The van der Waals surface area contributed by atoms with E-state index >= 15 is 0 Å². The van der Waals surface area contributed by atoms with Crippen LogP contribution in [0.15, 0.2) is 78.9 Å². The number of rotatable bonds is 3. The third kappa shape index (κ3) is 5.87. The molecule has 0 saturated heterocycles. The molecule has 0 saturated carbocycles. The van der Waals surface area contributed by atoms with Gasteiger partial charge in [0.2, 0.25) is 0 Å². The molecule has 0 aliphatic rings. The van der Waals surface area contributed by atoms with E-state index < -0.39 is 0 Å². The number of nitrogens with one attached hydrogen (secondary N) is 1. The van der Waals surface area contributed by atoms with Crippen molar-refractivity contribution in [1.29, 1.82) is 0 Å². The third-order valence-electron chi connectivity index (χ3n) is 3.66. The highest BCUT2D eigenvalue weighted by atomic mass is 35.5. The molecule has 0 radical (unpaired) electrons. The first-order valence-electron chi connectivity index (χ1n) is 8.33. The van der Waals surface area contributed by atoms with E-state index in [9.17, 15) is 4.79 Å². The van der Waals surface area contributed by atoms with Crippen molar-refractivity contribution >= 4 is 34.8 Å². The summed E-state index contributed by atoms with van der Waals surface area (Å²) in [5, 5.41) is 11.7. The molecule has 0 aliphatic carbocycles. The third-order valence-corrected chi connectivity index (χ3v) is 3.92. The van der Waals surface area contributed by atoms with Crippen molar-refractivity contribution in [3.8, 4) is 0 Å². The zero-order valence-electron chi connectivity index (χ0n) is 14.4. The minimum atomic E-state index is -0.0313. The van der Waals surface area contributed by atoms with Gasteiger partial charge in [0.25, 0.3) is 0 Å². The maximum Gasteiger partial charge on any atom is 0.389 e. The summed E-state index contributed by atoms with van der Waals surface area (Å²) in [6.07, 6.45) is 2.06. The number of hydrogen-bond donors (Lipinski definition) is 1. The van der Waals surface area contributed by atoms with Gasteiger partial charge >= 0.3 is 5.91 Å². The monoisotopic (exact) mass is 376 g/mol. The topological polar surface area (TPSA) is 70.9 Å². The fraction of sp³-hybridized carbons (Fsp3) is 0.0476. The van der Waals surface area contributed by atoms with E-state index in [0.29, 0.717) is 11.4 Å². The van der Waals surface area contributed by atoms with Crippen LogP contribution in [-0.4, -0.2) is 22.3 Å². The highest BCUT2D eigenvalue weighted by Crippen LogP contribution is 2.07.